The summed E-state index contributed by atoms with van der Waals surface area (Å²) in [5, 5.41) is 10.8. The number of methoxy groups -OCH3 is 2. The highest BCUT2D eigenvalue weighted by Gasteiger charge is 2.28. The van der Waals surface area contributed by atoms with Crippen LogP contribution in [0.2, 0.25) is 0 Å². The summed E-state index contributed by atoms with van der Waals surface area (Å²) in [5.41, 5.74) is 0.117. The first-order valence-electron chi connectivity index (χ1n) is 6.65. The van der Waals surface area contributed by atoms with Crippen LogP contribution in [0.5, 0.6) is 11.5 Å². The molecule has 4 heteroatoms. The maximum absolute atomic E-state index is 13.3. The van der Waals surface area contributed by atoms with Crippen molar-refractivity contribution in [3.63, 3.8) is 0 Å². The van der Waals surface area contributed by atoms with Gasteiger partial charge in [-0.15, -0.1) is 0 Å². The third kappa shape index (κ3) is 3.52. The monoisotopic (exact) mass is 290 g/mol. The van der Waals surface area contributed by atoms with E-state index in [4.69, 9.17) is 9.47 Å². The Morgan fingerprint density at radius 3 is 2.48 bits per heavy atom. The van der Waals surface area contributed by atoms with E-state index in [-0.39, 0.29) is 12.2 Å². The number of ether oxygens (including phenoxy) is 2. The molecule has 0 radical (unpaired) electrons. The Balaban J connectivity index is 2.38. The highest BCUT2D eigenvalue weighted by Crippen LogP contribution is 2.35. The summed E-state index contributed by atoms with van der Waals surface area (Å²) < 4.78 is 23.8. The molecule has 0 amide bonds. The standard InChI is InChI=1S/C17H19FO3/c1-17(19,11-12-5-4-6-13(18)9-12)15-10-14(20-2)7-8-16(15)21-3/h4-10,19H,11H2,1-3H3. The van der Waals surface area contributed by atoms with Gasteiger partial charge in [-0.1, -0.05) is 12.1 Å². The van der Waals surface area contributed by atoms with Crippen molar-refractivity contribution in [3.8, 4) is 11.5 Å². The second-order valence-corrected chi connectivity index (χ2v) is 5.15. The van der Waals surface area contributed by atoms with Crippen molar-refractivity contribution in [1.29, 1.82) is 0 Å². The molecule has 21 heavy (non-hydrogen) atoms. The lowest BCUT2D eigenvalue weighted by Crippen LogP contribution is -2.25. The van der Waals surface area contributed by atoms with Crippen molar-refractivity contribution in [2.45, 2.75) is 18.9 Å². The van der Waals surface area contributed by atoms with Crippen molar-refractivity contribution < 1.29 is 19.0 Å². The van der Waals surface area contributed by atoms with Crippen LogP contribution in [0.15, 0.2) is 42.5 Å². The van der Waals surface area contributed by atoms with Crippen molar-refractivity contribution in [2.24, 2.45) is 0 Å². The number of aliphatic hydroxyl groups is 1. The Morgan fingerprint density at radius 1 is 1.10 bits per heavy atom. The van der Waals surface area contributed by atoms with Gasteiger partial charge in [0.2, 0.25) is 0 Å². The van der Waals surface area contributed by atoms with Crippen LogP contribution >= 0.6 is 0 Å². The van der Waals surface area contributed by atoms with Gasteiger partial charge >= 0.3 is 0 Å². The molecule has 2 aromatic rings. The van der Waals surface area contributed by atoms with Crippen LogP contribution in [0.4, 0.5) is 4.39 Å². The molecule has 0 fully saturated rings. The van der Waals surface area contributed by atoms with Gasteiger partial charge in [0, 0.05) is 12.0 Å². The van der Waals surface area contributed by atoms with Gasteiger partial charge in [-0.2, -0.15) is 0 Å². The zero-order valence-electron chi connectivity index (χ0n) is 12.4. The third-order valence-electron chi connectivity index (χ3n) is 3.42. The van der Waals surface area contributed by atoms with E-state index in [0.29, 0.717) is 22.6 Å². The molecule has 112 valence electrons. The molecule has 2 rings (SSSR count). The van der Waals surface area contributed by atoms with E-state index in [1.807, 2.05) is 0 Å². The van der Waals surface area contributed by atoms with Gasteiger partial charge in [-0.25, -0.2) is 4.39 Å². The van der Waals surface area contributed by atoms with Crippen molar-refractivity contribution in [3.05, 3.63) is 59.4 Å². The van der Waals surface area contributed by atoms with E-state index in [9.17, 15) is 9.50 Å². The lowest BCUT2D eigenvalue weighted by molar-refractivity contribution is 0.0546. The molecule has 0 heterocycles. The first kappa shape index (κ1) is 15.3. The van der Waals surface area contributed by atoms with Crippen LogP contribution in [-0.4, -0.2) is 19.3 Å². The fourth-order valence-electron chi connectivity index (χ4n) is 2.37. The summed E-state index contributed by atoms with van der Waals surface area (Å²) in [7, 11) is 3.11. The van der Waals surface area contributed by atoms with E-state index >= 15 is 0 Å². The zero-order chi connectivity index (χ0) is 15.5. The Morgan fingerprint density at radius 2 is 1.86 bits per heavy atom. The van der Waals surface area contributed by atoms with Gasteiger partial charge in [0.15, 0.2) is 0 Å². The van der Waals surface area contributed by atoms with Crippen molar-refractivity contribution in [2.75, 3.05) is 14.2 Å². The van der Waals surface area contributed by atoms with Gasteiger partial charge < -0.3 is 14.6 Å². The SMILES string of the molecule is COc1ccc(OC)c(C(C)(O)Cc2cccc(F)c2)c1. The van der Waals surface area contributed by atoms with Gasteiger partial charge in [-0.3, -0.25) is 0 Å². The average molecular weight is 290 g/mol. The molecule has 0 aliphatic heterocycles. The lowest BCUT2D eigenvalue weighted by atomic mass is 9.88. The van der Waals surface area contributed by atoms with Crippen molar-refractivity contribution in [1.82, 2.24) is 0 Å². The maximum Gasteiger partial charge on any atom is 0.125 e. The van der Waals surface area contributed by atoms with E-state index in [2.05, 4.69) is 0 Å². The topological polar surface area (TPSA) is 38.7 Å². The summed E-state index contributed by atoms with van der Waals surface area (Å²) in [4.78, 5) is 0. The molecular formula is C17H19FO3. The van der Waals surface area contributed by atoms with Gasteiger partial charge in [0.05, 0.1) is 19.8 Å². The molecule has 0 bridgehead atoms. The second kappa shape index (κ2) is 6.14. The highest BCUT2D eigenvalue weighted by atomic mass is 19.1. The zero-order valence-corrected chi connectivity index (χ0v) is 12.4. The first-order chi connectivity index (χ1) is 9.96. The number of hydrogen-bond acceptors (Lipinski definition) is 3. The van der Waals surface area contributed by atoms with Crippen LogP contribution in [0.3, 0.4) is 0 Å². The fourth-order valence-corrected chi connectivity index (χ4v) is 2.37. The normalized spacial score (nSPS) is 13.6. The van der Waals surface area contributed by atoms with Gasteiger partial charge in [0.1, 0.15) is 17.3 Å². The number of halogens is 1. The van der Waals surface area contributed by atoms with Crippen LogP contribution < -0.4 is 9.47 Å². The number of benzene rings is 2. The van der Waals surface area contributed by atoms with Crippen LogP contribution in [0.25, 0.3) is 0 Å². The van der Waals surface area contributed by atoms with Crippen LogP contribution in [0, 0.1) is 5.82 Å². The lowest BCUT2D eigenvalue weighted by Gasteiger charge is -2.26. The summed E-state index contributed by atoms with van der Waals surface area (Å²) >= 11 is 0. The van der Waals surface area contributed by atoms with E-state index in [1.165, 1.54) is 12.1 Å². The highest BCUT2D eigenvalue weighted by molar-refractivity contribution is 5.44. The quantitative estimate of drug-likeness (QED) is 0.918. The largest absolute Gasteiger partial charge is 0.497 e. The minimum atomic E-state index is -1.20. The molecule has 0 aliphatic rings. The van der Waals surface area contributed by atoms with E-state index in [1.54, 1.807) is 51.5 Å². The number of hydrogen-bond donors (Lipinski definition) is 1. The second-order valence-electron chi connectivity index (χ2n) is 5.15. The molecule has 0 aliphatic carbocycles. The van der Waals surface area contributed by atoms with Gasteiger partial charge in [-0.05, 0) is 42.8 Å². The van der Waals surface area contributed by atoms with Gasteiger partial charge in [0.25, 0.3) is 0 Å². The molecule has 3 nitrogen and oxygen atoms in total. The average Bonchev–Trinajstić information content (AvgIpc) is 2.46. The molecule has 0 saturated heterocycles. The Hall–Kier alpha value is -2.07. The van der Waals surface area contributed by atoms with Crippen LogP contribution in [0.1, 0.15) is 18.1 Å². The molecule has 1 N–H and O–H groups in total. The predicted octanol–water partition coefficient (Wildman–Crippen LogP) is 3.29. The predicted molar refractivity (Wildman–Crippen MR) is 79.2 cm³/mol. The first-order valence-corrected chi connectivity index (χ1v) is 6.65. The molecule has 0 spiro atoms. The fraction of sp³-hybridized carbons (Fsp3) is 0.294. The summed E-state index contributed by atoms with van der Waals surface area (Å²) in [6.07, 6.45) is 0.272. The van der Waals surface area contributed by atoms with Crippen LogP contribution in [-0.2, 0) is 12.0 Å². The Bertz CT molecular complexity index is 623. The van der Waals surface area contributed by atoms with E-state index in [0.717, 1.165) is 0 Å². The minimum absolute atomic E-state index is 0.272. The summed E-state index contributed by atoms with van der Waals surface area (Å²) in [6.45, 7) is 1.68. The Labute approximate surface area is 124 Å². The molecule has 0 aromatic heterocycles. The smallest absolute Gasteiger partial charge is 0.125 e. The Kier molecular flexibility index (Phi) is 4.48. The summed E-state index contributed by atoms with van der Waals surface area (Å²) in [5.74, 6) is 0.878. The minimum Gasteiger partial charge on any atom is -0.497 e. The summed E-state index contributed by atoms with van der Waals surface area (Å²) in [6, 6.07) is 11.5. The van der Waals surface area contributed by atoms with E-state index < -0.39 is 5.60 Å². The number of rotatable bonds is 5. The molecular weight excluding hydrogens is 271 g/mol. The molecule has 1 unspecified atom stereocenters. The molecule has 0 saturated carbocycles. The van der Waals surface area contributed by atoms with Crippen molar-refractivity contribution >= 4 is 0 Å². The molecule has 1 atom stereocenters. The molecule has 2 aromatic carbocycles. The third-order valence-corrected chi connectivity index (χ3v) is 3.42. The maximum atomic E-state index is 13.3.